The van der Waals surface area contributed by atoms with E-state index in [0.29, 0.717) is 34.9 Å². The van der Waals surface area contributed by atoms with E-state index in [1.54, 1.807) is 0 Å². The standard InChI is InChI=1S/C53H33N7/c1-5-18-34(19-6-1)48-55-49(35-20-7-2-8-21-35)58-52(57-48)39-27-17-26-38(32-39)47-44-33-43(40-28-13-14-29-41(40)46(44)42-30-15-16-31-45(42)54-47)53-59-50(36-22-9-3-10-23-36)56-51(60-53)37-24-11-4-12-25-37/h1-33H. The SMILES string of the molecule is c1ccc(-c2nc(-c3ccccc3)nc(-c3cccc(-c4nc5ccccc5c5c4cc(-c4nc(-c6ccccc6)nc(-c6ccccc6)n4)c4ccccc45)c3)n2)cc1. The third-order valence-corrected chi connectivity index (χ3v) is 10.7. The summed E-state index contributed by atoms with van der Waals surface area (Å²) in [5.41, 5.74) is 8.07. The summed E-state index contributed by atoms with van der Waals surface area (Å²) in [5.74, 6) is 3.59. The maximum atomic E-state index is 5.40. The predicted octanol–water partition coefficient (Wildman–Crippen LogP) is 12.6. The second-order valence-corrected chi connectivity index (χ2v) is 14.5. The molecule has 0 aliphatic rings. The first-order chi connectivity index (χ1) is 29.7. The monoisotopic (exact) mass is 767 g/mol. The van der Waals surface area contributed by atoms with Crippen molar-refractivity contribution in [2.24, 2.45) is 0 Å². The van der Waals surface area contributed by atoms with E-state index < -0.39 is 0 Å². The lowest BCUT2D eigenvalue weighted by molar-refractivity contribution is 1.07. The van der Waals surface area contributed by atoms with E-state index in [1.165, 1.54) is 0 Å². The first-order valence-electron chi connectivity index (χ1n) is 19.8. The highest BCUT2D eigenvalue weighted by Crippen LogP contribution is 2.42. The van der Waals surface area contributed by atoms with Gasteiger partial charge in [-0.2, -0.15) is 0 Å². The van der Waals surface area contributed by atoms with Gasteiger partial charge in [0.05, 0.1) is 11.2 Å². The summed E-state index contributed by atoms with van der Waals surface area (Å²) in [6.07, 6.45) is 0. The second-order valence-electron chi connectivity index (χ2n) is 14.5. The van der Waals surface area contributed by atoms with Gasteiger partial charge in [-0.15, -0.1) is 0 Å². The van der Waals surface area contributed by atoms with E-state index in [1.807, 2.05) is 140 Å². The van der Waals surface area contributed by atoms with Gasteiger partial charge in [-0.1, -0.05) is 182 Å². The smallest absolute Gasteiger partial charge is 0.164 e. The molecule has 0 aliphatic heterocycles. The number of para-hydroxylation sites is 1. The summed E-state index contributed by atoms with van der Waals surface area (Å²) in [6, 6.07) is 67.6. The van der Waals surface area contributed by atoms with Gasteiger partial charge in [0.1, 0.15) is 0 Å². The fourth-order valence-electron chi connectivity index (χ4n) is 7.89. The van der Waals surface area contributed by atoms with Crippen molar-refractivity contribution in [3.05, 3.63) is 200 Å². The van der Waals surface area contributed by atoms with Crippen LogP contribution in [0.1, 0.15) is 0 Å². The van der Waals surface area contributed by atoms with E-state index in [4.69, 9.17) is 34.9 Å². The van der Waals surface area contributed by atoms with Gasteiger partial charge >= 0.3 is 0 Å². The number of aromatic nitrogens is 7. The zero-order valence-corrected chi connectivity index (χ0v) is 32.2. The Hall–Kier alpha value is -8.29. The molecular weight excluding hydrogens is 735 g/mol. The second kappa shape index (κ2) is 14.9. The molecule has 0 radical (unpaired) electrons. The summed E-state index contributed by atoms with van der Waals surface area (Å²) >= 11 is 0. The molecule has 0 unspecified atom stereocenters. The highest BCUT2D eigenvalue weighted by atomic mass is 15.0. The van der Waals surface area contributed by atoms with Gasteiger partial charge in [0.25, 0.3) is 0 Å². The maximum absolute atomic E-state index is 5.40. The Labute approximate surface area is 345 Å². The van der Waals surface area contributed by atoms with Crippen LogP contribution in [0, 0.1) is 0 Å². The van der Waals surface area contributed by atoms with E-state index in [0.717, 1.165) is 77.1 Å². The highest BCUT2D eigenvalue weighted by Gasteiger charge is 2.21. The van der Waals surface area contributed by atoms with Crippen LogP contribution in [-0.2, 0) is 0 Å². The van der Waals surface area contributed by atoms with Crippen molar-refractivity contribution in [1.82, 2.24) is 34.9 Å². The summed E-state index contributed by atoms with van der Waals surface area (Å²) in [5, 5.41) is 5.28. The Kier molecular flexibility index (Phi) is 8.67. The van der Waals surface area contributed by atoms with Crippen LogP contribution in [0.15, 0.2) is 200 Å². The van der Waals surface area contributed by atoms with Crippen molar-refractivity contribution in [3.8, 4) is 79.6 Å². The lowest BCUT2D eigenvalue weighted by Crippen LogP contribution is -2.01. The quantitative estimate of drug-likeness (QED) is 0.149. The minimum Gasteiger partial charge on any atom is -0.247 e. The Balaban J connectivity index is 1.16. The van der Waals surface area contributed by atoms with Crippen molar-refractivity contribution >= 4 is 32.4 Å². The lowest BCUT2D eigenvalue weighted by Gasteiger charge is -2.16. The zero-order valence-electron chi connectivity index (χ0n) is 32.2. The van der Waals surface area contributed by atoms with E-state index in [-0.39, 0.29) is 0 Å². The molecule has 280 valence electrons. The summed E-state index contributed by atoms with van der Waals surface area (Å²) in [4.78, 5) is 35.8. The van der Waals surface area contributed by atoms with Gasteiger partial charge in [0.15, 0.2) is 34.9 Å². The minimum atomic E-state index is 0.577. The topological polar surface area (TPSA) is 90.2 Å². The van der Waals surface area contributed by atoms with Gasteiger partial charge in [0.2, 0.25) is 0 Å². The number of benzene rings is 8. The number of hydrogen-bond donors (Lipinski definition) is 0. The average molecular weight is 768 g/mol. The molecule has 0 aliphatic carbocycles. The van der Waals surface area contributed by atoms with Crippen molar-refractivity contribution in [2.75, 3.05) is 0 Å². The average Bonchev–Trinajstić information content (AvgIpc) is 3.34. The van der Waals surface area contributed by atoms with Crippen LogP contribution in [0.25, 0.3) is 112 Å². The third-order valence-electron chi connectivity index (χ3n) is 10.7. The predicted molar refractivity (Wildman–Crippen MR) is 242 cm³/mol. The molecule has 0 saturated heterocycles. The summed E-state index contributed by atoms with van der Waals surface area (Å²) < 4.78 is 0. The molecule has 11 aromatic rings. The Morgan fingerprint density at radius 3 is 1.13 bits per heavy atom. The minimum absolute atomic E-state index is 0.577. The van der Waals surface area contributed by atoms with Crippen LogP contribution in [-0.4, -0.2) is 34.9 Å². The van der Waals surface area contributed by atoms with Crippen LogP contribution in [0.5, 0.6) is 0 Å². The number of pyridine rings is 1. The molecule has 0 amide bonds. The van der Waals surface area contributed by atoms with Crippen LogP contribution >= 0.6 is 0 Å². The number of hydrogen-bond acceptors (Lipinski definition) is 7. The number of fused-ring (bicyclic) bond motifs is 5. The van der Waals surface area contributed by atoms with E-state index in [9.17, 15) is 0 Å². The molecule has 8 aromatic carbocycles. The molecule has 7 heteroatoms. The molecular formula is C53H33N7. The molecule has 3 heterocycles. The Bertz CT molecular complexity index is 3240. The molecule has 3 aromatic heterocycles. The molecule has 0 fully saturated rings. The van der Waals surface area contributed by atoms with Crippen LogP contribution < -0.4 is 0 Å². The molecule has 7 nitrogen and oxygen atoms in total. The maximum Gasteiger partial charge on any atom is 0.164 e. The highest BCUT2D eigenvalue weighted by molar-refractivity contribution is 6.25. The lowest BCUT2D eigenvalue weighted by atomic mass is 9.91. The van der Waals surface area contributed by atoms with Crippen molar-refractivity contribution in [2.45, 2.75) is 0 Å². The van der Waals surface area contributed by atoms with Crippen molar-refractivity contribution in [3.63, 3.8) is 0 Å². The van der Waals surface area contributed by atoms with Gasteiger partial charge < -0.3 is 0 Å². The molecule has 0 atom stereocenters. The summed E-state index contributed by atoms with van der Waals surface area (Å²) in [7, 11) is 0. The first-order valence-corrected chi connectivity index (χ1v) is 19.8. The van der Waals surface area contributed by atoms with E-state index >= 15 is 0 Å². The molecule has 0 bridgehead atoms. The number of nitrogens with zero attached hydrogens (tertiary/aromatic N) is 7. The van der Waals surface area contributed by atoms with Crippen LogP contribution in [0.2, 0.25) is 0 Å². The molecule has 0 saturated carbocycles. The van der Waals surface area contributed by atoms with Gasteiger partial charge in [-0.25, -0.2) is 34.9 Å². The van der Waals surface area contributed by atoms with Crippen LogP contribution in [0.3, 0.4) is 0 Å². The van der Waals surface area contributed by atoms with Crippen molar-refractivity contribution in [1.29, 1.82) is 0 Å². The molecule has 0 N–H and O–H groups in total. The number of rotatable bonds is 7. The molecule has 11 rings (SSSR count). The third kappa shape index (κ3) is 6.40. The Morgan fingerprint density at radius 1 is 0.233 bits per heavy atom. The molecule has 0 spiro atoms. The largest absolute Gasteiger partial charge is 0.247 e. The van der Waals surface area contributed by atoms with Gasteiger partial charge in [-0.3, -0.25) is 0 Å². The Morgan fingerprint density at radius 2 is 0.617 bits per heavy atom. The van der Waals surface area contributed by atoms with Crippen LogP contribution in [0.4, 0.5) is 0 Å². The zero-order chi connectivity index (χ0) is 39.8. The van der Waals surface area contributed by atoms with Gasteiger partial charge in [-0.05, 0) is 29.0 Å². The van der Waals surface area contributed by atoms with Gasteiger partial charge in [0, 0.05) is 55.1 Å². The fraction of sp³-hybridized carbons (Fsp3) is 0. The summed E-state index contributed by atoms with van der Waals surface area (Å²) in [6.45, 7) is 0. The fourth-order valence-corrected chi connectivity index (χ4v) is 7.89. The van der Waals surface area contributed by atoms with Crippen molar-refractivity contribution < 1.29 is 0 Å². The normalized spacial score (nSPS) is 11.3. The van der Waals surface area contributed by atoms with E-state index in [2.05, 4.69) is 60.7 Å². The first kappa shape index (κ1) is 34.9. The molecule has 60 heavy (non-hydrogen) atoms.